The van der Waals surface area contributed by atoms with Gasteiger partial charge in [0.25, 0.3) is 0 Å². The number of hydrogen-bond donors (Lipinski definition) is 3. The molecule has 1 fully saturated rings. The molecule has 0 bridgehead atoms. The molecule has 9 nitrogen and oxygen atoms in total. The minimum Gasteiger partial charge on any atom is -0.495 e. The Bertz CT molecular complexity index is 1550. The molecule has 3 heterocycles. The number of anilines is 4. The van der Waals surface area contributed by atoms with Crippen molar-refractivity contribution in [2.24, 2.45) is 0 Å². The van der Waals surface area contributed by atoms with Crippen molar-refractivity contribution in [3.63, 3.8) is 0 Å². The predicted molar refractivity (Wildman–Crippen MR) is 149 cm³/mol. The normalized spacial score (nSPS) is 15.6. The molecular formula is C28H30F3N7O2. The third-order valence-electron chi connectivity index (χ3n) is 7.04. The number of aromatic amines is 1. The van der Waals surface area contributed by atoms with E-state index >= 15 is 0 Å². The third-order valence-corrected chi connectivity index (χ3v) is 7.04. The van der Waals surface area contributed by atoms with Gasteiger partial charge in [-0.2, -0.15) is 13.2 Å². The fourth-order valence-corrected chi connectivity index (χ4v) is 5.04. The van der Waals surface area contributed by atoms with E-state index in [1.165, 1.54) is 20.2 Å². The van der Waals surface area contributed by atoms with Crippen molar-refractivity contribution < 1.29 is 22.7 Å². The number of rotatable bonds is 7. The first-order chi connectivity index (χ1) is 19.0. The van der Waals surface area contributed by atoms with Crippen molar-refractivity contribution in [1.29, 1.82) is 0 Å². The van der Waals surface area contributed by atoms with Gasteiger partial charge in [-0.15, -0.1) is 0 Å². The molecule has 0 radical (unpaired) electrons. The molecule has 210 valence electrons. The Morgan fingerprint density at radius 1 is 1.23 bits per heavy atom. The van der Waals surface area contributed by atoms with Crippen molar-refractivity contribution >= 4 is 39.8 Å². The number of hydrogen-bond acceptors (Lipinski definition) is 7. The maximum Gasteiger partial charge on any atom is 0.419 e. The van der Waals surface area contributed by atoms with E-state index < -0.39 is 11.7 Å². The number of halogens is 3. The Balaban J connectivity index is 1.51. The maximum absolute atomic E-state index is 14.0. The monoisotopic (exact) mass is 553 g/mol. The van der Waals surface area contributed by atoms with Crippen molar-refractivity contribution in [3.05, 3.63) is 54.4 Å². The zero-order valence-electron chi connectivity index (χ0n) is 22.6. The number of alkyl halides is 3. The lowest BCUT2D eigenvalue weighted by molar-refractivity contribution is -0.137. The standard InChI is InChI=1S/C28H30F3N7O2/c1-16(39)34-22-12-17(8-9-23(22)38-11-10-18(15-38)37(2)3)35-27-33-14-21(28(29,30)31)25(36-27)20-13-32-26-19(20)6-5-7-24(26)40-4/h5-9,12-14,18,32H,10-11,15H2,1-4H3,(H,34,39)(H,33,35,36)/t18-/m0/s1. The highest BCUT2D eigenvalue weighted by Crippen LogP contribution is 2.40. The number of nitrogens with one attached hydrogen (secondary N) is 3. The summed E-state index contributed by atoms with van der Waals surface area (Å²) >= 11 is 0. The van der Waals surface area contributed by atoms with Crippen LogP contribution in [-0.2, 0) is 11.0 Å². The lowest BCUT2D eigenvalue weighted by Crippen LogP contribution is -2.31. The number of amides is 1. The number of carbonyl (C=O) groups is 1. The second-order valence-corrected chi connectivity index (χ2v) is 9.93. The molecule has 4 aromatic rings. The Morgan fingerprint density at radius 2 is 2.02 bits per heavy atom. The predicted octanol–water partition coefficient (Wildman–Crippen LogP) is 5.49. The highest BCUT2D eigenvalue weighted by atomic mass is 19.4. The summed E-state index contributed by atoms with van der Waals surface area (Å²) in [5, 5.41) is 6.42. The van der Waals surface area contributed by atoms with Crippen LogP contribution in [0.4, 0.5) is 36.2 Å². The molecular weight excluding hydrogens is 523 g/mol. The van der Waals surface area contributed by atoms with Gasteiger partial charge in [-0.25, -0.2) is 9.97 Å². The number of nitrogens with zero attached hydrogens (tertiary/aromatic N) is 4. The minimum absolute atomic E-state index is 0.0179. The number of H-pyrrole nitrogens is 1. The molecule has 12 heteroatoms. The molecule has 2 aromatic carbocycles. The molecule has 0 aliphatic carbocycles. The lowest BCUT2D eigenvalue weighted by atomic mass is 10.1. The second kappa shape index (κ2) is 10.7. The van der Waals surface area contributed by atoms with E-state index in [1.54, 1.807) is 30.3 Å². The molecule has 1 aliphatic heterocycles. The van der Waals surface area contributed by atoms with Crippen LogP contribution in [0, 0.1) is 0 Å². The van der Waals surface area contributed by atoms with Crippen LogP contribution >= 0.6 is 0 Å². The number of ether oxygens (including phenoxy) is 1. The summed E-state index contributed by atoms with van der Waals surface area (Å²) in [6.07, 6.45) is -1.42. The van der Waals surface area contributed by atoms with E-state index in [0.29, 0.717) is 34.1 Å². The van der Waals surface area contributed by atoms with Crippen molar-refractivity contribution in [2.45, 2.75) is 25.6 Å². The first-order valence-electron chi connectivity index (χ1n) is 12.7. The first-order valence-corrected chi connectivity index (χ1v) is 12.7. The Hall–Kier alpha value is -4.32. The van der Waals surface area contributed by atoms with E-state index in [-0.39, 0.29) is 23.1 Å². The summed E-state index contributed by atoms with van der Waals surface area (Å²) in [5.41, 5.74) is 1.58. The zero-order chi connectivity index (χ0) is 28.6. The fraction of sp³-hybridized carbons (Fsp3) is 0.321. The molecule has 0 saturated carbocycles. The number of carbonyl (C=O) groups excluding carboxylic acids is 1. The molecule has 0 unspecified atom stereocenters. The first kappa shape index (κ1) is 27.3. The molecule has 2 aromatic heterocycles. The average molecular weight is 554 g/mol. The minimum atomic E-state index is -4.67. The van der Waals surface area contributed by atoms with Gasteiger partial charge in [0.2, 0.25) is 11.9 Å². The second-order valence-electron chi connectivity index (χ2n) is 9.93. The highest BCUT2D eigenvalue weighted by molar-refractivity contribution is 5.98. The van der Waals surface area contributed by atoms with E-state index in [1.807, 2.05) is 20.2 Å². The molecule has 0 spiro atoms. The number of methoxy groups -OCH3 is 1. The van der Waals surface area contributed by atoms with E-state index in [2.05, 4.69) is 35.4 Å². The summed E-state index contributed by atoms with van der Waals surface area (Å²) in [7, 11) is 5.58. The molecule has 1 amide bonds. The van der Waals surface area contributed by atoms with Crippen LogP contribution < -0.4 is 20.3 Å². The quantitative estimate of drug-likeness (QED) is 0.278. The maximum atomic E-state index is 14.0. The van der Waals surface area contributed by atoms with Crippen LogP contribution in [0.2, 0.25) is 0 Å². The number of fused-ring (bicyclic) bond motifs is 1. The molecule has 1 saturated heterocycles. The van der Waals surface area contributed by atoms with Gasteiger partial charge in [-0.05, 0) is 44.8 Å². The van der Waals surface area contributed by atoms with Crippen molar-refractivity contribution in [3.8, 4) is 17.0 Å². The highest BCUT2D eigenvalue weighted by Gasteiger charge is 2.36. The molecule has 1 atom stereocenters. The van der Waals surface area contributed by atoms with Gasteiger partial charge in [0, 0.05) is 55.1 Å². The van der Waals surface area contributed by atoms with E-state index in [9.17, 15) is 18.0 Å². The smallest absolute Gasteiger partial charge is 0.419 e. The Kier molecular flexibility index (Phi) is 7.28. The lowest BCUT2D eigenvalue weighted by Gasteiger charge is -2.24. The Morgan fingerprint density at radius 3 is 2.70 bits per heavy atom. The van der Waals surface area contributed by atoms with Crippen LogP contribution in [-0.4, -0.2) is 66.1 Å². The summed E-state index contributed by atoms with van der Waals surface area (Å²) < 4.78 is 47.4. The summed E-state index contributed by atoms with van der Waals surface area (Å²) in [6, 6.07) is 10.9. The fourth-order valence-electron chi connectivity index (χ4n) is 5.04. The molecule has 40 heavy (non-hydrogen) atoms. The average Bonchev–Trinajstić information content (AvgIpc) is 3.56. The topological polar surface area (TPSA) is 98.4 Å². The van der Waals surface area contributed by atoms with Gasteiger partial charge in [0.1, 0.15) is 11.3 Å². The SMILES string of the molecule is COc1cccc2c(-c3nc(Nc4ccc(N5CC[C@H](N(C)C)C5)c(NC(C)=O)c4)ncc3C(F)(F)F)c[nH]c12. The largest absolute Gasteiger partial charge is 0.495 e. The molecule has 3 N–H and O–H groups in total. The third kappa shape index (κ3) is 5.39. The summed E-state index contributed by atoms with van der Waals surface area (Å²) in [6.45, 7) is 3.08. The van der Waals surface area contributed by atoms with Crippen LogP contribution in [0.15, 0.2) is 48.8 Å². The number of benzene rings is 2. The number of para-hydroxylation sites is 1. The van der Waals surface area contributed by atoms with Crippen molar-refractivity contribution in [1.82, 2.24) is 19.9 Å². The van der Waals surface area contributed by atoms with Crippen LogP contribution in [0.25, 0.3) is 22.2 Å². The summed E-state index contributed by atoms with van der Waals surface area (Å²) in [5.74, 6) is 0.255. The van der Waals surface area contributed by atoms with E-state index in [0.717, 1.165) is 31.4 Å². The van der Waals surface area contributed by atoms with Gasteiger partial charge < -0.3 is 30.2 Å². The van der Waals surface area contributed by atoms with Gasteiger partial charge in [-0.3, -0.25) is 4.79 Å². The van der Waals surface area contributed by atoms with E-state index in [4.69, 9.17) is 4.74 Å². The molecule has 1 aliphatic rings. The van der Waals surface area contributed by atoms with Gasteiger partial charge in [0.15, 0.2) is 0 Å². The Labute approximate surface area is 229 Å². The number of likely N-dealkylation sites (N-methyl/N-ethyl adjacent to an activating group) is 1. The van der Waals surface area contributed by atoms with Gasteiger partial charge >= 0.3 is 6.18 Å². The zero-order valence-corrected chi connectivity index (χ0v) is 22.6. The molecule has 5 rings (SSSR count). The van der Waals surface area contributed by atoms with Crippen LogP contribution in [0.1, 0.15) is 18.9 Å². The number of aromatic nitrogens is 3. The van der Waals surface area contributed by atoms with Crippen molar-refractivity contribution in [2.75, 3.05) is 49.8 Å². The van der Waals surface area contributed by atoms with Crippen LogP contribution in [0.3, 0.4) is 0 Å². The van der Waals surface area contributed by atoms with Crippen LogP contribution in [0.5, 0.6) is 5.75 Å². The van der Waals surface area contributed by atoms with Gasteiger partial charge in [-0.1, -0.05) is 12.1 Å². The van der Waals surface area contributed by atoms with Gasteiger partial charge in [0.05, 0.1) is 29.7 Å². The summed E-state index contributed by atoms with van der Waals surface area (Å²) in [4.78, 5) is 27.6.